The molecule has 0 radical (unpaired) electrons. The van der Waals surface area contributed by atoms with E-state index in [0.29, 0.717) is 0 Å². The number of hydrogen-bond donors (Lipinski definition) is 1. The number of hydrogen-bond acceptors (Lipinski definition) is 3. The van der Waals surface area contributed by atoms with Crippen molar-refractivity contribution in [1.29, 1.82) is 0 Å². The van der Waals surface area contributed by atoms with E-state index in [-0.39, 0.29) is 5.97 Å². The predicted molar refractivity (Wildman–Crippen MR) is 47.0 cm³/mol. The number of carbonyl (C=O) groups is 1. The Morgan fingerprint density at radius 2 is 2.38 bits per heavy atom. The molecule has 0 saturated carbocycles. The summed E-state index contributed by atoms with van der Waals surface area (Å²) in [7, 11) is 1.34. The fourth-order valence-corrected chi connectivity index (χ4v) is 2.03. The maximum atomic E-state index is 10.9. The van der Waals surface area contributed by atoms with Gasteiger partial charge in [-0.05, 0) is 36.0 Å². The molecule has 1 unspecified atom stereocenters. The first kappa shape index (κ1) is 8.51. The molecule has 0 saturated heterocycles. The van der Waals surface area contributed by atoms with E-state index in [1.807, 2.05) is 0 Å². The second-order valence-corrected chi connectivity index (χ2v) is 3.38. The van der Waals surface area contributed by atoms with Gasteiger partial charge in [0.05, 0.1) is 7.11 Å². The maximum absolute atomic E-state index is 10.9. The zero-order valence-electron chi connectivity index (χ0n) is 7.54. The number of ether oxygens (including phenoxy) is 1. The van der Waals surface area contributed by atoms with Gasteiger partial charge in [-0.1, -0.05) is 0 Å². The van der Waals surface area contributed by atoms with Crippen LogP contribution >= 0.6 is 0 Å². The van der Waals surface area contributed by atoms with Gasteiger partial charge in [-0.3, -0.25) is 0 Å². The molecule has 13 heavy (non-hydrogen) atoms. The minimum Gasteiger partial charge on any atom is -0.466 e. The van der Waals surface area contributed by atoms with Crippen molar-refractivity contribution in [3.63, 3.8) is 0 Å². The molecule has 0 aromatic rings. The Balaban J connectivity index is 2.20. The average molecular weight is 180 g/mol. The molecule has 0 aromatic carbocycles. The Labute approximate surface area is 76.7 Å². The smallest absolute Gasteiger partial charge is 0.330 e. The molecule has 2 aliphatic carbocycles. The van der Waals surface area contributed by atoms with E-state index in [0.717, 1.165) is 30.4 Å². The normalized spacial score (nSPS) is 28.8. The first-order valence-corrected chi connectivity index (χ1v) is 4.44. The van der Waals surface area contributed by atoms with Crippen LogP contribution in [-0.4, -0.2) is 24.3 Å². The monoisotopic (exact) mass is 180 g/mol. The number of carbonyl (C=O) groups excluding carboxylic acids is 1. The van der Waals surface area contributed by atoms with E-state index in [9.17, 15) is 9.90 Å². The molecule has 3 nitrogen and oxygen atoms in total. The van der Waals surface area contributed by atoms with Gasteiger partial charge in [0, 0.05) is 6.08 Å². The molecule has 3 heteroatoms. The van der Waals surface area contributed by atoms with Crippen molar-refractivity contribution in [3.05, 3.63) is 22.8 Å². The lowest BCUT2D eigenvalue weighted by molar-refractivity contribution is -0.134. The lowest BCUT2D eigenvalue weighted by atomic mass is 9.82. The molecule has 0 spiro atoms. The SMILES string of the molecule is COC(=O)/C=C1/C2=C(CCC2)C1O. The van der Waals surface area contributed by atoms with E-state index < -0.39 is 6.10 Å². The standard InChI is InChI=1S/C10H12O3/c1-13-9(11)5-8-6-3-2-4-7(6)10(8)12/h5,10,12H,2-4H2,1H3/b8-5-. The van der Waals surface area contributed by atoms with Gasteiger partial charge in [0.15, 0.2) is 0 Å². The molecular weight excluding hydrogens is 168 g/mol. The van der Waals surface area contributed by atoms with Crippen molar-refractivity contribution < 1.29 is 14.6 Å². The number of aliphatic hydroxyl groups is 1. The highest BCUT2D eigenvalue weighted by Gasteiger charge is 2.36. The fourth-order valence-electron chi connectivity index (χ4n) is 2.03. The topological polar surface area (TPSA) is 46.5 Å². The number of methoxy groups -OCH3 is 1. The van der Waals surface area contributed by atoms with Gasteiger partial charge in [0.1, 0.15) is 6.10 Å². The van der Waals surface area contributed by atoms with Crippen LogP contribution in [0.25, 0.3) is 0 Å². The van der Waals surface area contributed by atoms with Gasteiger partial charge < -0.3 is 9.84 Å². The van der Waals surface area contributed by atoms with Crippen LogP contribution in [0.15, 0.2) is 22.8 Å². The van der Waals surface area contributed by atoms with Gasteiger partial charge in [-0.15, -0.1) is 0 Å². The van der Waals surface area contributed by atoms with Crippen molar-refractivity contribution >= 4 is 5.97 Å². The highest BCUT2D eigenvalue weighted by Crippen LogP contribution is 2.45. The lowest BCUT2D eigenvalue weighted by Gasteiger charge is -2.28. The number of rotatable bonds is 1. The molecule has 70 valence electrons. The summed E-state index contributed by atoms with van der Waals surface area (Å²) in [6.45, 7) is 0. The van der Waals surface area contributed by atoms with Crippen LogP contribution in [0, 0.1) is 0 Å². The Morgan fingerprint density at radius 1 is 1.62 bits per heavy atom. The molecule has 0 amide bonds. The summed E-state index contributed by atoms with van der Waals surface area (Å²) in [6, 6.07) is 0. The highest BCUT2D eigenvalue weighted by atomic mass is 16.5. The van der Waals surface area contributed by atoms with Crippen LogP contribution in [-0.2, 0) is 9.53 Å². The molecule has 1 atom stereocenters. The summed E-state index contributed by atoms with van der Waals surface area (Å²) in [5, 5.41) is 9.59. The van der Waals surface area contributed by atoms with Gasteiger partial charge in [-0.25, -0.2) is 4.79 Å². The molecule has 0 fully saturated rings. The Morgan fingerprint density at radius 3 is 3.08 bits per heavy atom. The molecule has 0 bridgehead atoms. The molecule has 2 aliphatic rings. The van der Waals surface area contributed by atoms with E-state index in [4.69, 9.17) is 0 Å². The second-order valence-electron chi connectivity index (χ2n) is 3.38. The van der Waals surface area contributed by atoms with E-state index >= 15 is 0 Å². The number of esters is 1. The Bertz CT molecular complexity index is 312. The molecule has 0 aliphatic heterocycles. The van der Waals surface area contributed by atoms with E-state index in [1.165, 1.54) is 18.8 Å². The summed E-state index contributed by atoms with van der Waals surface area (Å²) in [6.07, 6.45) is 3.97. The minimum absolute atomic E-state index is 0.382. The molecular formula is C10H12O3. The predicted octanol–water partition coefficient (Wildman–Crippen LogP) is 0.941. The molecule has 1 N–H and O–H groups in total. The zero-order chi connectivity index (χ0) is 9.42. The van der Waals surface area contributed by atoms with Crippen molar-refractivity contribution in [2.45, 2.75) is 25.4 Å². The van der Waals surface area contributed by atoms with Crippen LogP contribution in [0.5, 0.6) is 0 Å². The summed E-state index contributed by atoms with van der Waals surface area (Å²) in [5.41, 5.74) is 3.06. The first-order valence-electron chi connectivity index (χ1n) is 4.44. The van der Waals surface area contributed by atoms with Gasteiger partial charge >= 0.3 is 5.97 Å². The minimum atomic E-state index is -0.503. The van der Waals surface area contributed by atoms with Crippen LogP contribution in [0.4, 0.5) is 0 Å². The van der Waals surface area contributed by atoms with Gasteiger partial charge in [-0.2, -0.15) is 0 Å². The van der Waals surface area contributed by atoms with Crippen molar-refractivity contribution in [1.82, 2.24) is 0 Å². The summed E-state index contributed by atoms with van der Waals surface area (Å²) < 4.78 is 4.50. The van der Waals surface area contributed by atoms with E-state index in [1.54, 1.807) is 0 Å². The second kappa shape index (κ2) is 3.00. The van der Waals surface area contributed by atoms with Crippen LogP contribution in [0.2, 0.25) is 0 Å². The maximum Gasteiger partial charge on any atom is 0.330 e. The molecule has 0 aromatic heterocycles. The average Bonchev–Trinajstić information content (AvgIpc) is 2.58. The first-order chi connectivity index (χ1) is 6.24. The number of aliphatic hydroxyl groups excluding tert-OH is 1. The fraction of sp³-hybridized carbons (Fsp3) is 0.500. The van der Waals surface area contributed by atoms with Gasteiger partial charge in [0.25, 0.3) is 0 Å². The summed E-state index contributed by atoms with van der Waals surface area (Å²) in [4.78, 5) is 10.9. The van der Waals surface area contributed by atoms with Crippen LogP contribution in [0.1, 0.15) is 19.3 Å². The third-order valence-electron chi connectivity index (χ3n) is 2.71. The third kappa shape index (κ3) is 1.20. The van der Waals surface area contributed by atoms with E-state index in [2.05, 4.69) is 4.74 Å². The molecule has 2 rings (SSSR count). The quantitative estimate of drug-likeness (QED) is 0.482. The third-order valence-corrected chi connectivity index (χ3v) is 2.71. The summed E-state index contributed by atoms with van der Waals surface area (Å²) >= 11 is 0. The van der Waals surface area contributed by atoms with Gasteiger partial charge in [0.2, 0.25) is 0 Å². The van der Waals surface area contributed by atoms with Crippen LogP contribution < -0.4 is 0 Å². The molecule has 0 heterocycles. The zero-order valence-corrected chi connectivity index (χ0v) is 7.54. The van der Waals surface area contributed by atoms with Crippen molar-refractivity contribution in [3.8, 4) is 0 Å². The largest absolute Gasteiger partial charge is 0.466 e. The summed E-state index contributed by atoms with van der Waals surface area (Å²) in [5.74, 6) is -0.382. The Hall–Kier alpha value is -1.09. The van der Waals surface area contributed by atoms with Crippen LogP contribution in [0.3, 0.4) is 0 Å². The Kier molecular flexibility index (Phi) is 1.96. The highest BCUT2D eigenvalue weighted by molar-refractivity contribution is 5.85. The van der Waals surface area contributed by atoms with Crippen molar-refractivity contribution in [2.24, 2.45) is 0 Å². The van der Waals surface area contributed by atoms with Crippen molar-refractivity contribution in [2.75, 3.05) is 7.11 Å². The lowest BCUT2D eigenvalue weighted by Crippen LogP contribution is -2.25.